The molecule has 4 aromatic rings. The number of carbonyl (C=O) groups is 1. The molecule has 0 unspecified atom stereocenters. The van der Waals surface area contributed by atoms with Crippen LogP contribution in [0, 0.1) is 5.92 Å². The van der Waals surface area contributed by atoms with Crippen LogP contribution in [0.1, 0.15) is 21.5 Å². The molecule has 1 aromatic heterocycles. The van der Waals surface area contributed by atoms with Gasteiger partial charge in [0.25, 0.3) is 5.91 Å². The maximum Gasteiger partial charge on any atom is 0.253 e. The smallest absolute Gasteiger partial charge is 0.253 e. The van der Waals surface area contributed by atoms with Crippen molar-refractivity contribution >= 4 is 26.6 Å². The molecule has 0 aliphatic carbocycles. The van der Waals surface area contributed by atoms with Crippen LogP contribution in [0.15, 0.2) is 90.0 Å². The van der Waals surface area contributed by atoms with Crippen LogP contribution in [0.5, 0.6) is 5.75 Å². The zero-order valence-electron chi connectivity index (χ0n) is 19.4. The van der Waals surface area contributed by atoms with Gasteiger partial charge in [0, 0.05) is 30.2 Å². The Labute approximate surface area is 205 Å². The second kappa shape index (κ2) is 9.50. The largest absolute Gasteiger partial charge is 0.496 e. The average molecular weight is 487 g/mol. The number of methoxy groups -OCH3 is 1. The lowest BCUT2D eigenvalue weighted by atomic mass is 9.91. The Kier molecular flexibility index (Phi) is 6.26. The van der Waals surface area contributed by atoms with E-state index < -0.39 is 9.84 Å². The zero-order valence-corrected chi connectivity index (χ0v) is 20.2. The fraction of sp³-hybridized carbons (Fsp3) is 0.214. The van der Waals surface area contributed by atoms with Crippen molar-refractivity contribution in [2.24, 2.45) is 5.92 Å². The standard InChI is InChI=1S/C28H26N2O4S/c1-34-25-9-3-2-6-24(25)16-21-17-30(18-21)28(31)23-13-11-20(12-14-23)19-35(32,33)26-10-4-7-22-8-5-15-29-27(22)26/h2-15,21H,16-19H2,1H3. The Hall–Kier alpha value is -3.71. The number of hydrogen-bond acceptors (Lipinski definition) is 5. The summed E-state index contributed by atoms with van der Waals surface area (Å²) >= 11 is 0. The van der Waals surface area contributed by atoms with Crippen molar-refractivity contribution in [1.82, 2.24) is 9.88 Å². The lowest BCUT2D eigenvalue weighted by Gasteiger charge is -2.39. The van der Waals surface area contributed by atoms with E-state index in [0.717, 1.165) is 23.1 Å². The molecule has 1 fully saturated rings. The van der Waals surface area contributed by atoms with Gasteiger partial charge in [-0.2, -0.15) is 0 Å². The number of carbonyl (C=O) groups excluding carboxylic acids is 1. The van der Waals surface area contributed by atoms with Crippen molar-refractivity contribution in [1.29, 1.82) is 0 Å². The number of pyridine rings is 1. The summed E-state index contributed by atoms with van der Waals surface area (Å²) in [5.74, 6) is 1.09. The molecule has 6 nitrogen and oxygen atoms in total. The fourth-order valence-electron chi connectivity index (χ4n) is 4.60. The van der Waals surface area contributed by atoms with Crippen molar-refractivity contribution < 1.29 is 17.9 Å². The summed E-state index contributed by atoms with van der Waals surface area (Å²) in [6, 6.07) is 23.6. The maximum absolute atomic E-state index is 13.1. The van der Waals surface area contributed by atoms with Crippen LogP contribution in [0.3, 0.4) is 0 Å². The van der Waals surface area contributed by atoms with Gasteiger partial charge in [0.05, 0.1) is 23.3 Å². The minimum absolute atomic E-state index is 0.0334. The van der Waals surface area contributed by atoms with Crippen molar-refractivity contribution in [3.05, 3.63) is 102 Å². The molecular formula is C28H26N2O4S. The van der Waals surface area contributed by atoms with E-state index >= 15 is 0 Å². The van der Waals surface area contributed by atoms with Crippen LogP contribution in [0.4, 0.5) is 0 Å². The van der Waals surface area contributed by atoms with E-state index in [-0.39, 0.29) is 16.6 Å². The summed E-state index contributed by atoms with van der Waals surface area (Å²) in [6.07, 6.45) is 2.46. The summed E-state index contributed by atoms with van der Waals surface area (Å²) in [5.41, 5.74) is 2.82. The molecule has 0 atom stereocenters. The quantitative estimate of drug-likeness (QED) is 0.384. The van der Waals surface area contributed by atoms with Crippen molar-refractivity contribution in [3.63, 3.8) is 0 Å². The number of amides is 1. The molecule has 0 radical (unpaired) electrons. The predicted octanol–water partition coefficient (Wildman–Crippen LogP) is 4.53. The van der Waals surface area contributed by atoms with Gasteiger partial charge in [-0.05, 0) is 53.8 Å². The molecule has 1 aliphatic rings. The SMILES string of the molecule is COc1ccccc1CC1CN(C(=O)c2ccc(CS(=O)(=O)c3cccc4cccnc34)cc2)C1. The summed E-state index contributed by atoms with van der Waals surface area (Å²) in [7, 11) is -1.92. The van der Waals surface area contributed by atoms with Gasteiger partial charge < -0.3 is 9.64 Å². The molecular weight excluding hydrogens is 460 g/mol. The molecule has 0 N–H and O–H groups in total. The first-order valence-corrected chi connectivity index (χ1v) is 13.2. The molecule has 1 saturated heterocycles. The van der Waals surface area contributed by atoms with Crippen LogP contribution < -0.4 is 4.74 Å². The number of hydrogen-bond donors (Lipinski definition) is 0. The lowest BCUT2D eigenvalue weighted by molar-refractivity contribution is 0.0500. The molecule has 35 heavy (non-hydrogen) atoms. The number of sulfone groups is 1. The van der Waals surface area contributed by atoms with Crippen LogP contribution in [0.2, 0.25) is 0 Å². The van der Waals surface area contributed by atoms with Gasteiger partial charge in [-0.1, -0.05) is 48.5 Å². The van der Waals surface area contributed by atoms with E-state index in [1.54, 1.807) is 55.8 Å². The van der Waals surface area contributed by atoms with Gasteiger partial charge >= 0.3 is 0 Å². The van der Waals surface area contributed by atoms with E-state index in [1.165, 1.54) is 0 Å². The number of benzene rings is 3. The summed E-state index contributed by atoms with van der Waals surface area (Å²) in [6.45, 7) is 1.39. The first-order chi connectivity index (χ1) is 16.9. The first kappa shape index (κ1) is 23.1. The highest BCUT2D eigenvalue weighted by Gasteiger charge is 2.31. The van der Waals surface area contributed by atoms with E-state index in [2.05, 4.69) is 11.1 Å². The van der Waals surface area contributed by atoms with Gasteiger partial charge in [0.2, 0.25) is 0 Å². The Bertz CT molecular complexity index is 1470. The predicted molar refractivity (Wildman–Crippen MR) is 135 cm³/mol. The summed E-state index contributed by atoms with van der Waals surface area (Å²) in [5, 5.41) is 0.785. The average Bonchev–Trinajstić information content (AvgIpc) is 2.85. The number of rotatable bonds is 7. The highest BCUT2D eigenvalue weighted by atomic mass is 32.2. The van der Waals surface area contributed by atoms with Gasteiger partial charge in [-0.3, -0.25) is 9.78 Å². The molecule has 3 aromatic carbocycles. The molecule has 2 heterocycles. The highest BCUT2D eigenvalue weighted by Crippen LogP contribution is 2.28. The number of aromatic nitrogens is 1. The number of likely N-dealkylation sites (tertiary alicyclic amines) is 1. The molecule has 0 spiro atoms. The van der Waals surface area contributed by atoms with Crippen LogP contribution in [0.25, 0.3) is 10.9 Å². The minimum Gasteiger partial charge on any atom is -0.496 e. The van der Waals surface area contributed by atoms with E-state index in [9.17, 15) is 13.2 Å². The first-order valence-electron chi connectivity index (χ1n) is 11.5. The second-order valence-corrected chi connectivity index (χ2v) is 10.8. The Morgan fingerprint density at radius 3 is 2.49 bits per heavy atom. The Morgan fingerprint density at radius 2 is 1.71 bits per heavy atom. The minimum atomic E-state index is -3.59. The van der Waals surface area contributed by atoms with Gasteiger partial charge in [-0.15, -0.1) is 0 Å². The summed E-state index contributed by atoms with van der Waals surface area (Å²) < 4.78 is 31.6. The third kappa shape index (κ3) is 4.77. The molecule has 0 bridgehead atoms. The third-order valence-electron chi connectivity index (χ3n) is 6.43. The zero-order chi connectivity index (χ0) is 24.4. The monoisotopic (exact) mass is 486 g/mol. The topological polar surface area (TPSA) is 76.6 Å². The Balaban J connectivity index is 1.23. The van der Waals surface area contributed by atoms with Crippen LogP contribution >= 0.6 is 0 Å². The van der Waals surface area contributed by atoms with Gasteiger partial charge in [0.1, 0.15) is 5.75 Å². The number of para-hydroxylation sites is 2. The summed E-state index contributed by atoms with van der Waals surface area (Å²) in [4.78, 5) is 19.2. The third-order valence-corrected chi connectivity index (χ3v) is 8.15. The van der Waals surface area contributed by atoms with E-state index in [0.29, 0.717) is 35.7 Å². The lowest BCUT2D eigenvalue weighted by Crippen LogP contribution is -2.50. The van der Waals surface area contributed by atoms with Crippen molar-refractivity contribution in [2.75, 3.05) is 20.2 Å². The Morgan fingerprint density at radius 1 is 0.971 bits per heavy atom. The second-order valence-electron chi connectivity index (χ2n) is 8.88. The van der Waals surface area contributed by atoms with E-state index in [1.807, 2.05) is 35.2 Å². The number of ether oxygens (including phenoxy) is 1. The van der Waals surface area contributed by atoms with E-state index in [4.69, 9.17) is 4.74 Å². The fourth-order valence-corrected chi connectivity index (χ4v) is 6.14. The number of nitrogens with zero attached hydrogens (tertiary/aromatic N) is 2. The van der Waals surface area contributed by atoms with Gasteiger partial charge in [0.15, 0.2) is 9.84 Å². The maximum atomic E-state index is 13.1. The van der Waals surface area contributed by atoms with Crippen LogP contribution in [-0.2, 0) is 22.0 Å². The molecule has 0 saturated carbocycles. The van der Waals surface area contributed by atoms with Gasteiger partial charge in [-0.25, -0.2) is 8.42 Å². The highest BCUT2D eigenvalue weighted by molar-refractivity contribution is 7.90. The molecule has 7 heteroatoms. The normalized spacial score (nSPS) is 14.0. The van der Waals surface area contributed by atoms with Crippen molar-refractivity contribution in [3.8, 4) is 5.75 Å². The van der Waals surface area contributed by atoms with Crippen molar-refractivity contribution in [2.45, 2.75) is 17.1 Å². The molecule has 5 rings (SSSR count). The molecule has 1 amide bonds. The van der Waals surface area contributed by atoms with Crippen LogP contribution in [-0.4, -0.2) is 44.4 Å². The molecule has 178 valence electrons. The molecule has 1 aliphatic heterocycles. The number of fused-ring (bicyclic) bond motifs is 1.